The lowest BCUT2D eigenvalue weighted by Gasteiger charge is -2.13. The van der Waals surface area contributed by atoms with Crippen molar-refractivity contribution in [3.63, 3.8) is 0 Å². The Morgan fingerprint density at radius 2 is 2.22 bits per heavy atom. The molecule has 100 valence electrons. The molecule has 0 spiro atoms. The van der Waals surface area contributed by atoms with E-state index >= 15 is 0 Å². The molecule has 0 aliphatic carbocycles. The number of carbonyl (C=O) groups excluding carboxylic acids is 1. The minimum absolute atomic E-state index is 0.139. The topological polar surface area (TPSA) is 58.6 Å². The van der Waals surface area contributed by atoms with Crippen molar-refractivity contribution in [3.8, 4) is 5.75 Å². The van der Waals surface area contributed by atoms with Crippen LogP contribution in [0.2, 0.25) is 0 Å². The van der Waals surface area contributed by atoms with Crippen LogP contribution in [0.3, 0.4) is 0 Å². The first kappa shape index (κ1) is 14.5. The van der Waals surface area contributed by atoms with Crippen LogP contribution in [0.1, 0.15) is 29.3 Å². The second kappa shape index (κ2) is 7.01. The number of aryl methyl sites for hydroxylation is 1. The van der Waals surface area contributed by atoms with Crippen LogP contribution in [0.25, 0.3) is 0 Å². The highest BCUT2D eigenvalue weighted by Crippen LogP contribution is 2.19. The Kier molecular flexibility index (Phi) is 5.65. The Balaban J connectivity index is 2.68. The molecule has 18 heavy (non-hydrogen) atoms. The van der Waals surface area contributed by atoms with Gasteiger partial charge in [0.25, 0.3) is 5.91 Å². The van der Waals surface area contributed by atoms with Crippen molar-refractivity contribution in [2.75, 3.05) is 20.3 Å². The summed E-state index contributed by atoms with van der Waals surface area (Å²) in [6, 6.07) is 5.51. The standard InChI is InChI=1S/C14H21NO3/c1-10-4-5-13(18-3)12(8-10)14(17)15-9-11(2)6-7-16/h4-5,8,11,16H,6-7,9H2,1-3H3,(H,15,17). The maximum absolute atomic E-state index is 12.0. The lowest BCUT2D eigenvalue weighted by molar-refractivity contribution is 0.0942. The molecule has 0 aliphatic rings. The second-order valence-corrected chi connectivity index (χ2v) is 4.53. The molecule has 0 saturated carbocycles. The predicted molar refractivity (Wildman–Crippen MR) is 70.9 cm³/mol. The zero-order valence-electron chi connectivity index (χ0n) is 11.2. The monoisotopic (exact) mass is 251 g/mol. The lowest BCUT2D eigenvalue weighted by atomic mass is 10.1. The van der Waals surface area contributed by atoms with E-state index in [2.05, 4.69) is 5.32 Å². The average Bonchev–Trinajstić information content (AvgIpc) is 2.36. The smallest absolute Gasteiger partial charge is 0.255 e. The van der Waals surface area contributed by atoms with E-state index in [9.17, 15) is 4.79 Å². The predicted octanol–water partition coefficient (Wildman–Crippen LogP) is 1.75. The summed E-state index contributed by atoms with van der Waals surface area (Å²) in [4.78, 5) is 12.0. The van der Waals surface area contributed by atoms with Gasteiger partial charge in [0.15, 0.2) is 0 Å². The van der Waals surface area contributed by atoms with Gasteiger partial charge in [-0.1, -0.05) is 18.6 Å². The molecule has 1 atom stereocenters. The van der Waals surface area contributed by atoms with E-state index in [1.165, 1.54) is 0 Å². The molecule has 1 rings (SSSR count). The Hall–Kier alpha value is -1.55. The normalized spacial score (nSPS) is 12.0. The van der Waals surface area contributed by atoms with Crippen molar-refractivity contribution >= 4 is 5.91 Å². The van der Waals surface area contributed by atoms with Gasteiger partial charge in [0.05, 0.1) is 12.7 Å². The van der Waals surface area contributed by atoms with Gasteiger partial charge in [-0.25, -0.2) is 0 Å². The molecule has 1 aromatic carbocycles. The molecule has 0 aromatic heterocycles. The van der Waals surface area contributed by atoms with E-state index in [4.69, 9.17) is 9.84 Å². The van der Waals surface area contributed by atoms with Gasteiger partial charge in [-0.05, 0) is 31.4 Å². The fraction of sp³-hybridized carbons (Fsp3) is 0.500. The zero-order valence-corrected chi connectivity index (χ0v) is 11.2. The highest BCUT2D eigenvalue weighted by molar-refractivity contribution is 5.97. The highest BCUT2D eigenvalue weighted by Gasteiger charge is 2.13. The Labute approximate surface area is 108 Å². The number of nitrogens with one attached hydrogen (secondary N) is 1. The van der Waals surface area contributed by atoms with Crippen LogP contribution in [-0.4, -0.2) is 31.3 Å². The molecule has 0 fully saturated rings. The molecular weight excluding hydrogens is 230 g/mol. The van der Waals surface area contributed by atoms with Crippen LogP contribution >= 0.6 is 0 Å². The molecule has 0 radical (unpaired) electrons. The minimum Gasteiger partial charge on any atom is -0.496 e. The summed E-state index contributed by atoms with van der Waals surface area (Å²) in [7, 11) is 1.55. The first-order chi connectivity index (χ1) is 8.58. The molecule has 4 nitrogen and oxygen atoms in total. The molecule has 0 aliphatic heterocycles. The van der Waals surface area contributed by atoms with Gasteiger partial charge in [0.2, 0.25) is 0 Å². The molecule has 1 unspecified atom stereocenters. The third kappa shape index (κ3) is 4.04. The van der Waals surface area contributed by atoms with Gasteiger partial charge in [-0.2, -0.15) is 0 Å². The summed E-state index contributed by atoms with van der Waals surface area (Å²) in [6.45, 7) is 4.62. The fourth-order valence-electron chi connectivity index (χ4n) is 1.68. The van der Waals surface area contributed by atoms with Crippen molar-refractivity contribution in [3.05, 3.63) is 29.3 Å². The molecule has 2 N–H and O–H groups in total. The number of hydrogen-bond donors (Lipinski definition) is 2. The number of carbonyl (C=O) groups is 1. The number of ether oxygens (including phenoxy) is 1. The van der Waals surface area contributed by atoms with Crippen LogP contribution in [0.15, 0.2) is 18.2 Å². The molecule has 1 aromatic rings. The molecule has 4 heteroatoms. The molecule has 1 amide bonds. The molecule has 0 bridgehead atoms. The SMILES string of the molecule is COc1ccc(C)cc1C(=O)NCC(C)CCO. The summed E-state index contributed by atoms with van der Waals surface area (Å²) in [5, 5.41) is 11.7. The Bertz CT molecular complexity index is 404. The van der Waals surface area contributed by atoms with E-state index in [0.29, 0.717) is 24.3 Å². The maximum atomic E-state index is 12.0. The number of amides is 1. The van der Waals surface area contributed by atoms with Crippen LogP contribution in [0.5, 0.6) is 5.75 Å². The zero-order chi connectivity index (χ0) is 13.5. The van der Waals surface area contributed by atoms with Crippen molar-refractivity contribution in [2.45, 2.75) is 20.3 Å². The quantitative estimate of drug-likeness (QED) is 0.810. The average molecular weight is 251 g/mol. The second-order valence-electron chi connectivity index (χ2n) is 4.53. The summed E-state index contributed by atoms with van der Waals surface area (Å²) in [5.41, 5.74) is 1.57. The van der Waals surface area contributed by atoms with E-state index in [0.717, 1.165) is 5.56 Å². The van der Waals surface area contributed by atoms with E-state index < -0.39 is 0 Å². The Morgan fingerprint density at radius 1 is 1.50 bits per heavy atom. The molecular formula is C14H21NO3. The van der Waals surface area contributed by atoms with E-state index in [1.54, 1.807) is 13.2 Å². The van der Waals surface area contributed by atoms with Crippen molar-refractivity contribution < 1.29 is 14.6 Å². The van der Waals surface area contributed by atoms with E-state index in [-0.39, 0.29) is 18.4 Å². The van der Waals surface area contributed by atoms with Gasteiger partial charge in [0, 0.05) is 13.2 Å². The number of aliphatic hydroxyl groups excluding tert-OH is 1. The number of methoxy groups -OCH3 is 1. The van der Waals surface area contributed by atoms with Gasteiger partial charge in [-0.15, -0.1) is 0 Å². The number of aliphatic hydroxyl groups is 1. The summed E-state index contributed by atoms with van der Waals surface area (Å²) in [5.74, 6) is 0.697. The molecule has 0 heterocycles. The third-order valence-corrected chi connectivity index (χ3v) is 2.83. The fourth-order valence-corrected chi connectivity index (χ4v) is 1.68. The van der Waals surface area contributed by atoms with Gasteiger partial charge < -0.3 is 15.2 Å². The number of rotatable bonds is 6. The van der Waals surface area contributed by atoms with Crippen molar-refractivity contribution in [2.24, 2.45) is 5.92 Å². The number of benzene rings is 1. The minimum atomic E-state index is -0.139. The number of hydrogen-bond acceptors (Lipinski definition) is 3. The summed E-state index contributed by atoms with van der Waals surface area (Å²) in [6.07, 6.45) is 0.686. The molecule has 0 saturated heterocycles. The maximum Gasteiger partial charge on any atom is 0.255 e. The highest BCUT2D eigenvalue weighted by atomic mass is 16.5. The van der Waals surface area contributed by atoms with Crippen LogP contribution in [-0.2, 0) is 0 Å². The van der Waals surface area contributed by atoms with Crippen LogP contribution in [0.4, 0.5) is 0 Å². The third-order valence-electron chi connectivity index (χ3n) is 2.83. The first-order valence-corrected chi connectivity index (χ1v) is 6.12. The summed E-state index contributed by atoms with van der Waals surface area (Å²) < 4.78 is 5.17. The van der Waals surface area contributed by atoms with Crippen molar-refractivity contribution in [1.82, 2.24) is 5.32 Å². The summed E-state index contributed by atoms with van der Waals surface area (Å²) >= 11 is 0. The lowest BCUT2D eigenvalue weighted by Crippen LogP contribution is -2.29. The van der Waals surface area contributed by atoms with Crippen LogP contribution < -0.4 is 10.1 Å². The van der Waals surface area contributed by atoms with Gasteiger partial charge in [0.1, 0.15) is 5.75 Å². The van der Waals surface area contributed by atoms with Crippen LogP contribution in [0, 0.1) is 12.8 Å². The van der Waals surface area contributed by atoms with Gasteiger partial charge >= 0.3 is 0 Å². The largest absolute Gasteiger partial charge is 0.496 e. The Morgan fingerprint density at radius 3 is 2.83 bits per heavy atom. The first-order valence-electron chi connectivity index (χ1n) is 6.12. The van der Waals surface area contributed by atoms with Gasteiger partial charge in [-0.3, -0.25) is 4.79 Å². The van der Waals surface area contributed by atoms with E-state index in [1.807, 2.05) is 26.0 Å². The van der Waals surface area contributed by atoms with Crippen molar-refractivity contribution in [1.29, 1.82) is 0 Å².